The molecule has 0 spiro atoms. The van der Waals surface area contributed by atoms with Crippen LogP contribution in [-0.4, -0.2) is 54.6 Å². The van der Waals surface area contributed by atoms with Crippen molar-refractivity contribution in [3.05, 3.63) is 28.2 Å². The highest BCUT2D eigenvalue weighted by molar-refractivity contribution is 6.37. The molecular formula is C16H18Cl2N4O4. The number of ether oxygens (including phenoxy) is 1. The topological polar surface area (TPSA) is 100 Å². The average molecular weight is 401 g/mol. The Hall–Kier alpha value is -2.16. The van der Waals surface area contributed by atoms with Gasteiger partial charge >= 0.3 is 11.8 Å². The summed E-state index contributed by atoms with van der Waals surface area (Å²) in [5, 5.41) is 7.17. The number of benzene rings is 1. The quantitative estimate of drug-likeness (QED) is 0.456. The third-order valence-corrected chi connectivity index (χ3v) is 4.01. The zero-order chi connectivity index (χ0) is 19.1. The van der Waals surface area contributed by atoms with Gasteiger partial charge in [0.25, 0.3) is 0 Å². The second-order valence-electron chi connectivity index (χ2n) is 5.54. The van der Waals surface area contributed by atoms with E-state index in [0.717, 1.165) is 0 Å². The monoisotopic (exact) mass is 400 g/mol. The van der Waals surface area contributed by atoms with Gasteiger partial charge in [0.15, 0.2) is 0 Å². The van der Waals surface area contributed by atoms with Crippen molar-refractivity contribution >= 4 is 52.3 Å². The molecule has 140 valence electrons. The second-order valence-corrected chi connectivity index (χ2v) is 6.39. The Morgan fingerprint density at radius 3 is 2.58 bits per heavy atom. The summed E-state index contributed by atoms with van der Waals surface area (Å²) in [5.41, 5.74) is 2.91. The van der Waals surface area contributed by atoms with Crippen molar-refractivity contribution < 1.29 is 19.1 Å². The maximum atomic E-state index is 12.0. The molecule has 10 heteroatoms. The van der Waals surface area contributed by atoms with Gasteiger partial charge in [0.2, 0.25) is 5.91 Å². The lowest BCUT2D eigenvalue weighted by atomic mass is 10.2. The van der Waals surface area contributed by atoms with Crippen molar-refractivity contribution in [2.45, 2.75) is 13.3 Å². The second kappa shape index (κ2) is 9.51. The fourth-order valence-corrected chi connectivity index (χ4v) is 2.62. The molecule has 0 aromatic heterocycles. The van der Waals surface area contributed by atoms with Crippen molar-refractivity contribution in [3.8, 4) is 0 Å². The number of rotatable bonds is 4. The van der Waals surface area contributed by atoms with Crippen molar-refractivity contribution in [2.24, 2.45) is 5.10 Å². The molecule has 26 heavy (non-hydrogen) atoms. The van der Waals surface area contributed by atoms with E-state index in [1.807, 2.05) is 0 Å². The summed E-state index contributed by atoms with van der Waals surface area (Å²) < 4.78 is 5.12. The predicted octanol–water partition coefficient (Wildman–Crippen LogP) is 1.67. The number of nitrogens with one attached hydrogen (secondary N) is 2. The molecule has 3 amide bonds. The third kappa shape index (κ3) is 5.98. The van der Waals surface area contributed by atoms with Crippen LogP contribution in [0.15, 0.2) is 23.3 Å². The Labute approximate surface area is 160 Å². The maximum absolute atomic E-state index is 12.0. The molecule has 0 radical (unpaired) electrons. The highest BCUT2D eigenvalue weighted by atomic mass is 35.5. The fraction of sp³-hybridized carbons (Fsp3) is 0.375. The molecule has 1 heterocycles. The van der Waals surface area contributed by atoms with E-state index in [1.165, 1.54) is 11.0 Å². The number of anilines is 1. The van der Waals surface area contributed by atoms with Gasteiger partial charge in [-0.2, -0.15) is 5.10 Å². The smallest absolute Gasteiger partial charge is 0.329 e. The normalized spacial score (nSPS) is 14.7. The molecule has 1 aliphatic rings. The molecule has 1 fully saturated rings. The average Bonchev–Trinajstić information content (AvgIpc) is 2.62. The van der Waals surface area contributed by atoms with Crippen molar-refractivity contribution in [1.29, 1.82) is 0 Å². The minimum Gasteiger partial charge on any atom is -0.378 e. The highest BCUT2D eigenvalue weighted by Gasteiger charge is 2.23. The third-order valence-electron chi connectivity index (χ3n) is 3.46. The van der Waals surface area contributed by atoms with E-state index in [1.54, 1.807) is 19.1 Å². The van der Waals surface area contributed by atoms with Gasteiger partial charge in [-0.1, -0.05) is 23.2 Å². The van der Waals surface area contributed by atoms with Gasteiger partial charge in [-0.05, 0) is 25.1 Å². The minimum atomic E-state index is -0.854. The van der Waals surface area contributed by atoms with Gasteiger partial charge in [0.05, 0.1) is 30.3 Å². The Kier molecular flexibility index (Phi) is 7.38. The van der Waals surface area contributed by atoms with Crippen LogP contribution in [0.5, 0.6) is 0 Å². The lowest BCUT2D eigenvalue weighted by Gasteiger charge is -2.25. The number of morpholine rings is 1. The van der Waals surface area contributed by atoms with Crippen molar-refractivity contribution in [2.75, 3.05) is 31.6 Å². The van der Waals surface area contributed by atoms with Crippen LogP contribution in [0.25, 0.3) is 0 Å². The molecule has 8 nitrogen and oxygen atoms in total. The number of carbonyl (C=O) groups excluding carboxylic acids is 3. The fourth-order valence-electron chi connectivity index (χ4n) is 2.16. The Bertz CT molecular complexity index is 733. The zero-order valence-corrected chi connectivity index (χ0v) is 15.6. The van der Waals surface area contributed by atoms with Crippen LogP contribution < -0.4 is 10.7 Å². The molecule has 2 N–H and O–H groups in total. The van der Waals surface area contributed by atoms with E-state index in [4.69, 9.17) is 27.9 Å². The molecule has 1 aromatic rings. The summed E-state index contributed by atoms with van der Waals surface area (Å²) in [5.74, 6) is -1.90. The molecule has 0 unspecified atom stereocenters. The van der Waals surface area contributed by atoms with E-state index < -0.39 is 11.8 Å². The lowest BCUT2D eigenvalue weighted by Crippen LogP contribution is -2.47. The van der Waals surface area contributed by atoms with Crippen LogP contribution in [0.4, 0.5) is 5.69 Å². The molecule has 2 rings (SSSR count). The number of hydrazone groups is 1. The maximum Gasteiger partial charge on any atom is 0.329 e. The minimum absolute atomic E-state index is 0.0784. The van der Waals surface area contributed by atoms with Gasteiger partial charge in [0, 0.05) is 23.8 Å². The molecule has 1 aromatic carbocycles. The number of amides is 3. The predicted molar refractivity (Wildman–Crippen MR) is 98.4 cm³/mol. The molecule has 1 saturated heterocycles. The number of carbonyl (C=O) groups is 3. The first-order chi connectivity index (χ1) is 12.4. The van der Waals surface area contributed by atoms with Crippen LogP contribution in [0, 0.1) is 0 Å². The van der Waals surface area contributed by atoms with Gasteiger partial charge in [-0.3, -0.25) is 14.4 Å². The Balaban J connectivity index is 1.83. The number of hydrogen-bond donors (Lipinski definition) is 2. The van der Waals surface area contributed by atoms with E-state index in [0.29, 0.717) is 47.7 Å². The largest absolute Gasteiger partial charge is 0.378 e. The summed E-state index contributed by atoms with van der Waals surface area (Å²) in [6.07, 6.45) is -0.0784. The summed E-state index contributed by atoms with van der Waals surface area (Å²) in [4.78, 5) is 37.1. The number of halogens is 2. The van der Waals surface area contributed by atoms with Crippen LogP contribution in [0.2, 0.25) is 10.0 Å². The van der Waals surface area contributed by atoms with Gasteiger partial charge in [0.1, 0.15) is 0 Å². The SMILES string of the molecule is C/C(CC(=O)Nc1ccc(Cl)cc1Cl)=N\NC(=O)C(=O)N1CCOCC1. The lowest BCUT2D eigenvalue weighted by molar-refractivity contribution is -0.148. The van der Waals surface area contributed by atoms with Crippen LogP contribution in [-0.2, 0) is 19.1 Å². The van der Waals surface area contributed by atoms with Crippen molar-refractivity contribution in [1.82, 2.24) is 10.3 Å². The first-order valence-electron chi connectivity index (χ1n) is 7.82. The zero-order valence-electron chi connectivity index (χ0n) is 14.1. The number of nitrogens with zero attached hydrogens (tertiary/aromatic N) is 2. The summed E-state index contributed by atoms with van der Waals surface area (Å²) in [6.45, 7) is 3.07. The van der Waals surface area contributed by atoms with E-state index in [9.17, 15) is 14.4 Å². The molecule has 0 bridgehead atoms. The molecule has 0 atom stereocenters. The number of hydrogen-bond acceptors (Lipinski definition) is 5. The standard InChI is InChI=1S/C16H18Cl2N4O4/c1-10(8-14(23)19-13-3-2-11(17)9-12(13)18)20-21-15(24)16(25)22-4-6-26-7-5-22/h2-3,9H,4-8H2,1H3,(H,19,23)(H,21,24)/b20-10+. The van der Waals surface area contributed by atoms with E-state index in [-0.39, 0.29) is 12.3 Å². The first kappa shape index (κ1) is 20.2. The summed E-state index contributed by atoms with van der Waals surface area (Å²) >= 11 is 11.8. The Morgan fingerprint density at radius 2 is 1.92 bits per heavy atom. The summed E-state index contributed by atoms with van der Waals surface area (Å²) in [7, 11) is 0. The van der Waals surface area contributed by atoms with Crippen LogP contribution >= 0.6 is 23.2 Å². The van der Waals surface area contributed by atoms with Gasteiger partial charge < -0.3 is 15.0 Å². The molecule has 1 aliphatic heterocycles. The summed E-state index contributed by atoms with van der Waals surface area (Å²) in [6, 6.07) is 4.69. The van der Waals surface area contributed by atoms with Crippen LogP contribution in [0.3, 0.4) is 0 Å². The molecular weight excluding hydrogens is 383 g/mol. The molecule has 0 aliphatic carbocycles. The van der Waals surface area contributed by atoms with Gasteiger partial charge in [-0.25, -0.2) is 5.43 Å². The van der Waals surface area contributed by atoms with E-state index >= 15 is 0 Å². The molecule has 0 saturated carbocycles. The first-order valence-corrected chi connectivity index (χ1v) is 8.57. The van der Waals surface area contributed by atoms with E-state index in [2.05, 4.69) is 15.8 Å². The highest BCUT2D eigenvalue weighted by Crippen LogP contribution is 2.25. The van der Waals surface area contributed by atoms with Gasteiger partial charge in [-0.15, -0.1) is 0 Å². The van der Waals surface area contributed by atoms with Crippen LogP contribution in [0.1, 0.15) is 13.3 Å². The van der Waals surface area contributed by atoms with Crippen molar-refractivity contribution in [3.63, 3.8) is 0 Å². The Morgan fingerprint density at radius 1 is 1.23 bits per heavy atom.